The largest absolute Gasteiger partial charge is 0.389 e. The van der Waals surface area contributed by atoms with Crippen LogP contribution < -0.4 is 0 Å². The number of aromatic nitrogens is 1. The maximum atomic E-state index is 10.0. The highest BCUT2D eigenvalue weighted by Crippen LogP contribution is 2.24. The summed E-state index contributed by atoms with van der Waals surface area (Å²) in [6.45, 7) is 4.52. The molecule has 0 spiro atoms. The molecule has 0 bridgehead atoms. The van der Waals surface area contributed by atoms with Crippen molar-refractivity contribution in [2.45, 2.75) is 25.5 Å². The third kappa shape index (κ3) is 2.24. The number of aliphatic hydroxyl groups is 1. The second-order valence-corrected chi connectivity index (χ2v) is 5.44. The van der Waals surface area contributed by atoms with Gasteiger partial charge in [-0.3, -0.25) is 9.88 Å². The van der Waals surface area contributed by atoms with Crippen molar-refractivity contribution < 1.29 is 5.11 Å². The number of β-amino-alcohol motifs (C(OH)–C–C–N with tert-alkyl or cyclic N) is 1. The first-order chi connectivity index (χ1) is 8.64. The Labute approximate surface area is 107 Å². The van der Waals surface area contributed by atoms with Crippen LogP contribution >= 0.6 is 0 Å². The maximum Gasteiger partial charge on any atom is 0.0758 e. The molecule has 3 rings (SSSR count). The summed E-state index contributed by atoms with van der Waals surface area (Å²) in [6.07, 6.45) is 2.72. The van der Waals surface area contributed by atoms with Crippen LogP contribution in [0.3, 0.4) is 0 Å². The molecule has 18 heavy (non-hydrogen) atoms. The van der Waals surface area contributed by atoms with Gasteiger partial charge in [-0.25, -0.2) is 0 Å². The fourth-order valence-corrected chi connectivity index (χ4v) is 2.71. The summed E-state index contributed by atoms with van der Waals surface area (Å²) in [6, 6.07) is 10.3. The third-order valence-corrected chi connectivity index (χ3v) is 3.66. The first kappa shape index (κ1) is 11.6. The van der Waals surface area contributed by atoms with E-state index < -0.39 is 5.60 Å². The van der Waals surface area contributed by atoms with Gasteiger partial charge in [-0.15, -0.1) is 0 Å². The number of rotatable bonds is 2. The SMILES string of the molecule is CC1(O)CCN(Cc2ccnc3ccccc23)C1. The van der Waals surface area contributed by atoms with Gasteiger partial charge in [-0.05, 0) is 31.0 Å². The number of hydrogen-bond acceptors (Lipinski definition) is 3. The zero-order valence-electron chi connectivity index (χ0n) is 10.6. The number of fused-ring (bicyclic) bond motifs is 1. The number of benzene rings is 1. The molecule has 1 aromatic carbocycles. The van der Waals surface area contributed by atoms with E-state index in [9.17, 15) is 5.11 Å². The summed E-state index contributed by atoms with van der Waals surface area (Å²) in [4.78, 5) is 6.68. The minimum absolute atomic E-state index is 0.525. The van der Waals surface area contributed by atoms with Gasteiger partial charge in [0.15, 0.2) is 0 Å². The van der Waals surface area contributed by atoms with Crippen LogP contribution in [0.25, 0.3) is 10.9 Å². The van der Waals surface area contributed by atoms with Crippen LogP contribution in [0.1, 0.15) is 18.9 Å². The predicted molar refractivity (Wildman–Crippen MR) is 72.3 cm³/mol. The summed E-state index contributed by atoms with van der Waals surface area (Å²) in [5, 5.41) is 11.2. The Kier molecular flexibility index (Phi) is 2.80. The predicted octanol–water partition coefficient (Wildman–Crippen LogP) is 2.19. The van der Waals surface area contributed by atoms with Crippen LogP contribution in [0.15, 0.2) is 36.5 Å². The van der Waals surface area contributed by atoms with Gasteiger partial charge in [0.25, 0.3) is 0 Å². The quantitative estimate of drug-likeness (QED) is 0.877. The molecule has 2 heterocycles. The number of hydrogen-bond donors (Lipinski definition) is 1. The number of likely N-dealkylation sites (tertiary alicyclic amines) is 1. The lowest BCUT2D eigenvalue weighted by Gasteiger charge is -2.19. The fourth-order valence-electron chi connectivity index (χ4n) is 2.71. The summed E-state index contributed by atoms with van der Waals surface area (Å²) < 4.78 is 0. The van der Waals surface area contributed by atoms with Gasteiger partial charge < -0.3 is 5.11 Å². The van der Waals surface area contributed by atoms with Crippen molar-refractivity contribution in [3.05, 3.63) is 42.1 Å². The Morgan fingerprint density at radius 2 is 2.17 bits per heavy atom. The van der Waals surface area contributed by atoms with E-state index in [4.69, 9.17) is 0 Å². The molecule has 1 saturated heterocycles. The molecule has 1 aromatic heterocycles. The van der Waals surface area contributed by atoms with E-state index in [2.05, 4.69) is 22.0 Å². The van der Waals surface area contributed by atoms with E-state index in [1.165, 1.54) is 10.9 Å². The van der Waals surface area contributed by atoms with Crippen molar-refractivity contribution in [1.29, 1.82) is 0 Å². The van der Waals surface area contributed by atoms with E-state index >= 15 is 0 Å². The smallest absolute Gasteiger partial charge is 0.0758 e. The molecule has 0 saturated carbocycles. The summed E-state index contributed by atoms with van der Waals surface area (Å²) in [5.74, 6) is 0. The summed E-state index contributed by atoms with van der Waals surface area (Å²) in [7, 11) is 0. The minimum atomic E-state index is -0.525. The first-order valence-electron chi connectivity index (χ1n) is 6.41. The van der Waals surface area contributed by atoms with Crippen molar-refractivity contribution in [2.24, 2.45) is 0 Å². The topological polar surface area (TPSA) is 36.4 Å². The fraction of sp³-hybridized carbons (Fsp3) is 0.400. The highest BCUT2D eigenvalue weighted by molar-refractivity contribution is 5.81. The Balaban J connectivity index is 1.87. The lowest BCUT2D eigenvalue weighted by Crippen LogP contribution is -2.29. The Morgan fingerprint density at radius 3 is 2.94 bits per heavy atom. The number of para-hydroxylation sites is 1. The first-order valence-corrected chi connectivity index (χ1v) is 6.41. The summed E-state index contributed by atoms with van der Waals surface area (Å²) in [5.41, 5.74) is 1.81. The molecule has 2 aromatic rings. The average Bonchev–Trinajstić information content (AvgIpc) is 2.69. The van der Waals surface area contributed by atoms with Gasteiger partial charge in [-0.2, -0.15) is 0 Å². The standard InChI is InChI=1S/C15H18N2O/c1-15(18)7-9-17(11-15)10-12-6-8-16-14-5-3-2-4-13(12)14/h2-6,8,18H,7,9-11H2,1H3. The van der Waals surface area contributed by atoms with Crippen molar-refractivity contribution in [2.75, 3.05) is 13.1 Å². The molecule has 1 aliphatic heterocycles. The van der Waals surface area contributed by atoms with Crippen molar-refractivity contribution >= 4 is 10.9 Å². The monoisotopic (exact) mass is 242 g/mol. The normalized spacial score (nSPS) is 24.8. The van der Waals surface area contributed by atoms with Crippen LogP contribution in [0.4, 0.5) is 0 Å². The molecule has 0 aliphatic carbocycles. The maximum absolute atomic E-state index is 10.0. The van der Waals surface area contributed by atoms with Crippen LogP contribution in [0.2, 0.25) is 0 Å². The molecule has 94 valence electrons. The van der Waals surface area contributed by atoms with Crippen LogP contribution in [0.5, 0.6) is 0 Å². The van der Waals surface area contributed by atoms with Crippen LogP contribution in [-0.2, 0) is 6.54 Å². The Bertz CT molecular complexity index is 560. The molecular formula is C15H18N2O. The van der Waals surface area contributed by atoms with Crippen molar-refractivity contribution in [1.82, 2.24) is 9.88 Å². The van der Waals surface area contributed by atoms with E-state index in [0.717, 1.165) is 31.6 Å². The molecule has 1 aliphatic rings. The molecule has 0 radical (unpaired) electrons. The van der Waals surface area contributed by atoms with Crippen molar-refractivity contribution in [3.63, 3.8) is 0 Å². The van der Waals surface area contributed by atoms with Crippen molar-refractivity contribution in [3.8, 4) is 0 Å². The van der Waals surface area contributed by atoms with Crippen LogP contribution in [-0.4, -0.2) is 33.7 Å². The molecule has 1 atom stereocenters. The lowest BCUT2D eigenvalue weighted by molar-refractivity contribution is 0.0679. The van der Waals surface area contributed by atoms with E-state index in [-0.39, 0.29) is 0 Å². The van der Waals surface area contributed by atoms with E-state index in [1.807, 2.05) is 31.3 Å². The minimum Gasteiger partial charge on any atom is -0.389 e. The highest BCUT2D eigenvalue weighted by Gasteiger charge is 2.31. The van der Waals surface area contributed by atoms with Crippen LogP contribution in [0, 0.1) is 0 Å². The molecule has 0 amide bonds. The molecule has 3 heteroatoms. The highest BCUT2D eigenvalue weighted by atomic mass is 16.3. The Hall–Kier alpha value is -1.45. The van der Waals surface area contributed by atoms with Gasteiger partial charge in [0.2, 0.25) is 0 Å². The molecule has 3 nitrogen and oxygen atoms in total. The van der Waals surface area contributed by atoms with Gasteiger partial charge >= 0.3 is 0 Å². The number of nitrogens with zero attached hydrogens (tertiary/aromatic N) is 2. The summed E-state index contributed by atoms with van der Waals surface area (Å²) >= 11 is 0. The zero-order valence-corrected chi connectivity index (χ0v) is 10.6. The third-order valence-electron chi connectivity index (χ3n) is 3.66. The average molecular weight is 242 g/mol. The van der Waals surface area contributed by atoms with E-state index in [0.29, 0.717) is 0 Å². The zero-order chi connectivity index (χ0) is 12.6. The number of pyridine rings is 1. The van der Waals surface area contributed by atoms with Gasteiger partial charge in [-0.1, -0.05) is 18.2 Å². The van der Waals surface area contributed by atoms with E-state index in [1.54, 1.807) is 0 Å². The molecular weight excluding hydrogens is 224 g/mol. The molecule has 1 fully saturated rings. The van der Waals surface area contributed by atoms with Gasteiger partial charge in [0, 0.05) is 31.2 Å². The second kappa shape index (κ2) is 4.34. The second-order valence-electron chi connectivity index (χ2n) is 5.44. The van der Waals surface area contributed by atoms with Gasteiger partial charge in [0.05, 0.1) is 11.1 Å². The molecule has 1 N–H and O–H groups in total. The Morgan fingerprint density at radius 1 is 1.33 bits per heavy atom. The lowest BCUT2D eigenvalue weighted by atomic mass is 10.1. The van der Waals surface area contributed by atoms with Gasteiger partial charge in [0.1, 0.15) is 0 Å². The molecule has 1 unspecified atom stereocenters.